The van der Waals surface area contributed by atoms with Crippen molar-refractivity contribution in [3.63, 3.8) is 0 Å². The molecule has 29 heavy (non-hydrogen) atoms. The number of fused-ring (bicyclic) bond motifs is 1. The first-order valence-electron chi connectivity index (χ1n) is 9.58. The number of benzene rings is 2. The van der Waals surface area contributed by atoms with Crippen LogP contribution in [0.4, 0.5) is 5.82 Å². The second kappa shape index (κ2) is 8.55. The lowest BCUT2D eigenvalue weighted by Gasteiger charge is -2.13. The third kappa shape index (κ3) is 4.21. The summed E-state index contributed by atoms with van der Waals surface area (Å²) in [4.78, 5) is 4.47. The fourth-order valence-electron chi connectivity index (χ4n) is 3.41. The quantitative estimate of drug-likeness (QED) is 0.435. The summed E-state index contributed by atoms with van der Waals surface area (Å²) in [6.07, 6.45) is 0.817. The SMILES string of the molecule is NCCCOc1ccc2cc(-c3ccccc3Cl)n(Cc3cccc(N)n3)c2c1. The van der Waals surface area contributed by atoms with Crippen LogP contribution in [0, 0.1) is 0 Å². The minimum absolute atomic E-state index is 0.504. The Morgan fingerprint density at radius 3 is 2.66 bits per heavy atom. The average molecular weight is 407 g/mol. The molecule has 0 amide bonds. The lowest BCUT2D eigenvalue weighted by Crippen LogP contribution is -2.07. The highest BCUT2D eigenvalue weighted by molar-refractivity contribution is 6.33. The topological polar surface area (TPSA) is 79.1 Å². The zero-order valence-electron chi connectivity index (χ0n) is 16.0. The second-order valence-corrected chi connectivity index (χ2v) is 7.27. The molecule has 0 aliphatic rings. The lowest BCUT2D eigenvalue weighted by molar-refractivity contribution is 0.314. The van der Waals surface area contributed by atoms with Crippen molar-refractivity contribution in [3.8, 4) is 17.0 Å². The van der Waals surface area contributed by atoms with Crippen molar-refractivity contribution in [2.45, 2.75) is 13.0 Å². The van der Waals surface area contributed by atoms with Crippen LogP contribution < -0.4 is 16.2 Å². The fourth-order valence-corrected chi connectivity index (χ4v) is 3.64. The molecule has 148 valence electrons. The number of aromatic nitrogens is 2. The van der Waals surface area contributed by atoms with Gasteiger partial charge in [-0.1, -0.05) is 35.9 Å². The molecule has 2 heterocycles. The third-order valence-corrected chi connectivity index (χ3v) is 5.12. The number of hydrogen-bond acceptors (Lipinski definition) is 4. The number of nitrogens with zero attached hydrogens (tertiary/aromatic N) is 2. The lowest BCUT2D eigenvalue weighted by atomic mass is 10.1. The highest BCUT2D eigenvalue weighted by Crippen LogP contribution is 2.34. The molecule has 4 N–H and O–H groups in total. The Morgan fingerprint density at radius 1 is 1.00 bits per heavy atom. The van der Waals surface area contributed by atoms with Gasteiger partial charge in [-0.2, -0.15) is 0 Å². The van der Waals surface area contributed by atoms with E-state index in [0.717, 1.165) is 40.0 Å². The Hall–Kier alpha value is -3.02. The molecule has 0 saturated heterocycles. The van der Waals surface area contributed by atoms with E-state index >= 15 is 0 Å². The van der Waals surface area contributed by atoms with Crippen LogP contribution in [-0.4, -0.2) is 22.7 Å². The maximum atomic E-state index is 6.52. The Labute approximate surface area is 174 Å². The Bertz CT molecular complexity index is 1140. The molecule has 0 spiro atoms. The average Bonchev–Trinajstić information content (AvgIpc) is 3.06. The van der Waals surface area contributed by atoms with Gasteiger partial charge in [0.1, 0.15) is 11.6 Å². The maximum Gasteiger partial charge on any atom is 0.123 e. The molecule has 0 unspecified atom stereocenters. The van der Waals surface area contributed by atoms with E-state index in [1.165, 1.54) is 0 Å². The second-order valence-electron chi connectivity index (χ2n) is 6.86. The van der Waals surface area contributed by atoms with Crippen molar-refractivity contribution < 1.29 is 4.74 Å². The number of nitrogens with two attached hydrogens (primary N) is 2. The first-order valence-corrected chi connectivity index (χ1v) is 9.96. The monoisotopic (exact) mass is 406 g/mol. The molecule has 0 atom stereocenters. The molecule has 4 aromatic rings. The predicted molar refractivity (Wildman–Crippen MR) is 119 cm³/mol. The molecule has 2 aromatic heterocycles. The van der Waals surface area contributed by atoms with E-state index in [1.54, 1.807) is 6.07 Å². The number of anilines is 1. The first-order chi connectivity index (χ1) is 14.2. The number of hydrogen-bond donors (Lipinski definition) is 2. The molecule has 4 rings (SSSR count). The van der Waals surface area contributed by atoms with Crippen LogP contribution in [-0.2, 0) is 6.54 Å². The zero-order valence-corrected chi connectivity index (χ0v) is 16.8. The summed E-state index contributed by atoms with van der Waals surface area (Å²) >= 11 is 6.52. The normalized spacial score (nSPS) is 11.1. The van der Waals surface area contributed by atoms with Gasteiger partial charge in [0.05, 0.1) is 30.1 Å². The van der Waals surface area contributed by atoms with Crippen molar-refractivity contribution in [1.29, 1.82) is 0 Å². The largest absolute Gasteiger partial charge is 0.493 e. The van der Waals surface area contributed by atoms with Crippen molar-refractivity contribution >= 4 is 28.3 Å². The predicted octanol–water partition coefficient (Wildman–Crippen LogP) is 4.71. The minimum Gasteiger partial charge on any atom is -0.493 e. The van der Waals surface area contributed by atoms with Crippen LogP contribution in [0.3, 0.4) is 0 Å². The van der Waals surface area contributed by atoms with Crippen molar-refractivity contribution in [2.75, 3.05) is 18.9 Å². The third-order valence-electron chi connectivity index (χ3n) is 4.79. The van der Waals surface area contributed by atoms with Crippen LogP contribution in [0.2, 0.25) is 5.02 Å². The molecule has 0 radical (unpaired) electrons. The van der Waals surface area contributed by atoms with Crippen LogP contribution in [0.15, 0.2) is 66.7 Å². The van der Waals surface area contributed by atoms with Gasteiger partial charge in [0.15, 0.2) is 0 Å². The van der Waals surface area contributed by atoms with Crippen molar-refractivity contribution in [2.24, 2.45) is 5.73 Å². The number of pyridine rings is 1. The zero-order chi connectivity index (χ0) is 20.2. The van der Waals surface area contributed by atoms with Gasteiger partial charge in [0, 0.05) is 22.0 Å². The molecule has 0 bridgehead atoms. The van der Waals surface area contributed by atoms with Gasteiger partial charge >= 0.3 is 0 Å². The smallest absolute Gasteiger partial charge is 0.123 e. The molecule has 0 aliphatic carbocycles. The summed E-state index contributed by atoms with van der Waals surface area (Å²) in [5.74, 6) is 1.32. The summed E-state index contributed by atoms with van der Waals surface area (Å²) < 4.78 is 8.07. The van der Waals surface area contributed by atoms with Crippen LogP contribution >= 0.6 is 11.6 Å². The summed E-state index contributed by atoms with van der Waals surface area (Å²) in [6, 6.07) is 21.8. The summed E-state index contributed by atoms with van der Waals surface area (Å²) in [5, 5.41) is 1.81. The van der Waals surface area contributed by atoms with Crippen LogP contribution in [0.5, 0.6) is 5.75 Å². The fraction of sp³-hybridized carbons (Fsp3) is 0.174. The maximum absolute atomic E-state index is 6.52. The van der Waals surface area contributed by atoms with Gasteiger partial charge in [-0.15, -0.1) is 0 Å². The van der Waals surface area contributed by atoms with Gasteiger partial charge in [-0.3, -0.25) is 0 Å². The molecule has 2 aromatic carbocycles. The van der Waals surface area contributed by atoms with E-state index in [2.05, 4.69) is 27.8 Å². The molecular weight excluding hydrogens is 384 g/mol. The molecule has 6 heteroatoms. The first kappa shape index (κ1) is 19.3. The molecule has 5 nitrogen and oxygen atoms in total. The van der Waals surface area contributed by atoms with E-state index < -0.39 is 0 Å². The van der Waals surface area contributed by atoms with Gasteiger partial charge in [-0.05, 0) is 49.4 Å². The van der Waals surface area contributed by atoms with Gasteiger partial charge in [0.2, 0.25) is 0 Å². The molecule has 0 aliphatic heterocycles. The van der Waals surface area contributed by atoms with E-state index in [9.17, 15) is 0 Å². The number of halogens is 1. The van der Waals surface area contributed by atoms with Crippen LogP contribution in [0.1, 0.15) is 12.1 Å². The minimum atomic E-state index is 0.504. The standard InChI is InChI=1S/C23H23ClN4O/c24-20-7-2-1-6-19(20)22-13-16-9-10-18(29-12-4-11-25)14-21(16)28(22)15-17-5-3-8-23(26)27-17/h1-3,5-10,13-14H,4,11-12,15,25H2,(H2,26,27). The number of rotatable bonds is 7. The summed E-state index contributed by atoms with van der Waals surface area (Å²) in [7, 11) is 0. The number of ether oxygens (including phenoxy) is 1. The van der Waals surface area contributed by atoms with E-state index in [-0.39, 0.29) is 0 Å². The Morgan fingerprint density at radius 2 is 1.86 bits per heavy atom. The van der Waals surface area contributed by atoms with Gasteiger partial charge in [0.25, 0.3) is 0 Å². The van der Waals surface area contributed by atoms with E-state index in [1.807, 2.05) is 42.5 Å². The molecule has 0 saturated carbocycles. The highest BCUT2D eigenvalue weighted by atomic mass is 35.5. The Kier molecular flexibility index (Phi) is 5.69. The van der Waals surface area contributed by atoms with E-state index in [4.69, 9.17) is 27.8 Å². The molecule has 0 fully saturated rings. The van der Waals surface area contributed by atoms with E-state index in [0.29, 0.717) is 30.5 Å². The van der Waals surface area contributed by atoms with Gasteiger partial charge in [-0.25, -0.2) is 4.98 Å². The van der Waals surface area contributed by atoms with Crippen molar-refractivity contribution in [3.05, 3.63) is 77.4 Å². The molecular formula is C23H23ClN4O. The van der Waals surface area contributed by atoms with Crippen molar-refractivity contribution in [1.82, 2.24) is 9.55 Å². The number of nitrogen functional groups attached to an aromatic ring is 1. The highest BCUT2D eigenvalue weighted by Gasteiger charge is 2.15. The summed E-state index contributed by atoms with van der Waals surface area (Å²) in [5.41, 5.74) is 15.4. The summed E-state index contributed by atoms with van der Waals surface area (Å²) in [6.45, 7) is 1.77. The van der Waals surface area contributed by atoms with Crippen LogP contribution in [0.25, 0.3) is 22.2 Å². The Balaban J connectivity index is 1.83. The van der Waals surface area contributed by atoms with Gasteiger partial charge < -0.3 is 20.8 Å².